The van der Waals surface area contributed by atoms with Crippen molar-refractivity contribution in [3.8, 4) is 0 Å². The van der Waals surface area contributed by atoms with Crippen LogP contribution < -0.4 is 0 Å². The summed E-state index contributed by atoms with van der Waals surface area (Å²) in [4.78, 5) is 14.0. The zero-order valence-corrected chi connectivity index (χ0v) is 11.1. The Labute approximate surface area is 99.4 Å². The van der Waals surface area contributed by atoms with Crippen molar-refractivity contribution in [2.75, 3.05) is 13.1 Å². The van der Waals surface area contributed by atoms with Crippen LogP contribution in [0.5, 0.6) is 0 Å². The lowest BCUT2D eigenvalue weighted by Gasteiger charge is -2.47. The fraction of sp³-hybridized carbons (Fsp3) is 0.929. The third kappa shape index (κ3) is 1.99. The molecule has 0 unspecified atom stereocenters. The number of carbonyl (C=O) groups excluding carboxylic acids is 1. The molecule has 2 fully saturated rings. The molecule has 0 aromatic rings. The molecule has 0 bridgehead atoms. The minimum Gasteiger partial charge on any atom is -0.342 e. The zero-order chi connectivity index (χ0) is 11.9. The van der Waals surface area contributed by atoms with E-state index in [2.05, 4.69) is 18.7 Å². The molecule has 2 heteroatoms. The second-order valence-corrected chi connectivity index (χ2v) is 6.58. The van der Waals surface area contributed by atoms with Crippen LogP contribution in [-0.2, 0) is 4.79 Å². The fourth-order valence-electron chi connectivity index (χ4n) is 3.35. The summed E-state index contributed by atoms with van der Waals surface area (Å²) in [6, 6.07) is 0. The van der Waals surface area contributed by atoms with Crippen molar-refractivity contribution in [3.63, 3.8) is 0 Å². The van der Waals surface area contributed by atoms with Gasteiger partial charge in [-0.2, -0.15) is 0 Å². The van der Waals surface area contributed by atoms with Gasteiger partial charge in [0.2, 0.25) is 5.91 Å². The number of rotatable bonds is 2. The van der Waals surface area contributed by atoms with Gasteiger partial charge in [0.1, 0.15) is 0 Å². The first kappa shape index (κ1) is 11.9. The maximum atomic E-state index is 11.9. The van der Waals surface area contributed by atoms with Gasteiger partial charge in [-0.05, 0) is 36.5 Å². The Hall–Kier alpha value is -0.530. The molecule has 16 heavy (non-hydrogen) atoms. The monoisotopic (exact) mass is 223 g/mol. The molecule has 92 valence electrons. The van der Waals surface area contributed by atoms with E-state index in [1.807, 2.05) is 13.8 Å². The molecule has 2 nitrogen and oxygen atoms in total. The second-order valence-electron chi connectivity index (χ2n) is 6.58. The predicted molar refractivity (Wildman–Crippen MR) is 66.0 cm³/mol. The Kier molecular flexibility index (Phi) is 3.02. The molecule has 1 saturated carbocycles. The van der Waals surface area contributed by atoms with Gasteiger partial charge in [0.05, 0.1) is 0 Å². The highest BCUT2D eigenvalue weighted by atomic mass is 16.2. The van der Waals surface area contributed by atoms with E-state index in [9.17, 15) is 4.79 Å². The van der Waals surface area contributed by atoms with Gasteiger partial charge in [0, 0.05) is 19.0 Å². The number of carbonyl (C=O) groups is 1. The third-order valence-electron chi connectivity index (χ3n) is 4.58. The number of hydrogen-bond acceptors (Lipinski definition) is 1. The van der Waals surface area contributed by atoms with Crippen LogP contribution in [0, 0.1) is 23.2 Å². The molecule has 0 N–H and O–H groups in total. The lowest BCUT2D eigenvalue weighted by Crippen LogP contribution is -2.43. The Morgan fingerprint density at radius 3 is 2.38 bits per heavy atom. The van der Waals surface area contributed by atoms with E-state index in [0.717, 1.165) is 24.9 Å². The highest BCUT2D eigenvalue weighted by Crippen LogP contribution is 2.54. The van der Waals surface area contributed by atoms with Crippen LogP contribution in [-0.4, -0.2) is 23.9 Å². The van der Waals surface area contributed by atoms with Crippen LogP contribution in [0.2, 0.25) is 0 Å². The van der Waals surface area contributed by atoms with E-state index in [1.54, 1.807) is 0 Å². The first-order valence-electron chi connectivity index (χ1n) is 6.72. The summed E-state index contributed by atoms with van der Waals surface area (Å²) >= 11 is 0. The van der Waals surface area contributed by atoms with Gasteiger partial charge >= 0.3 is 0 Å². The van der Waals surface area contributed by atoms with Gasteiger partial charge in [-0.25, -0.2) is 0 Å². The summed E-state index contributed by atoms with van der Waals surface area (Å²) < 4.78 is 0. The largest absolute Gasteiger partial charge is 0.342 e. The molecule has 1 saturated heterocycles. The number of likely N-dealkylation sites (tertiary alicyclic amines) is 1. The Bertz CT molecular complexity index is 276. The third-order valence-corrected chi connectivity index (χ3v) is 4.58. The standard InChI is InChI=1S/C14H25NO/c1-10(2)12-7-14(8-12)5-6-15(9-14)13(16)11(3)4/h10-12H,5-9H2,1-4H3. The topological polar surface area (TPSA) is 20.3 Å². The molecular weight excluding hydrogens is 198 g/mol. The predicted octanol–water partition coefficient (Wildman–Crippen LogP) is 2.93. The number of nitrogens with zero attached hydrogens (tertiary/aromatic N) is 1. The van der Waals surface area contributed by atoms with Crippen LogP contribution in [0.25, 0.3) is 0 Å². The van der Waals surface area contributed by atoms with Crippen molar-refractivity contribution >= 4 is 5.91 Å². The van der Waals surface area contributed by atoms with Crippen LogP contribution >= 0.6 is 0 Å². The molecule has 1 heterocycles. The van der Waals surface area contributed by atoms with Crippen molar-refractivity contribution in [2.45, 2.75) is 47.0 Å². The molecule has 0 radical (unpaired) electrons. The average Bonchev–Trinajstić information content (AvgIpc) is 2.58. The van der Waals surface area contributed by atoms with Gasteiger partial charge in [-0.3, -0.25) is 4.79 Å². The van der Waals surface area contributed by atoms with Crippen LogP contribution in [0.1, 0.15) is 47.0 Å². The molecule has 1 amide bonds. The summed E-state index contributed by atoms with van der Waals surface area (Å²) in [5, 5.41) is 0. The van der Waals surface area contributed by atoms with Crippen molar-refractivity contribution < 1.29 is 4.79 Å². The number of amides is 1. The highest BCUT2D eigenvalue weighted by Gasteiger charge is 2.49. The van der Waals surface area contributed by atoms with Crippen molar-refractivity contribution in [1.82, 2.24) is 4.90 Å². The van der Waals surface area contributed by atoms with Gasteiger partial charge in [0.25, 0.3) is 0 Å². The summed E-state index contributed by atoms with van der Waals surface area (Å²) in [6.45, 7) is 10.7. The second kappa shape index (κ2) is 4.05. The Balaban J connectivity index is 1.88. The van der Waals surface area contributed by atoms with Crippen molar-refractivity contribution in [1.29, 1.82) is 0 Å². The lowest BCUT2D eigenvalue weighted by molar-refractivity contribution is -0.134. The molecule has 1 aliphatic heterocycles. The van der Waals surface area contributed by atoms with Gasteiger partial charge in [-0.1, -0.05) is 27.7 Å². The van der Waals surface area contributed by atoms with Crippen LogP contribution in [0.4, 0.5) is 0 Å². The minimum atomic E-state index is 0.163. The quantitative estimate of drug-likeness (QED) is 0.705. The normalized spacial score (nSPS) is 33.9. The summed E-state index contributed by atoms with van der Waals surface area (Å²) in [5.41, 5.74) is 0.513. The molecule has 0 aromatic carbocycles. The van der Waals surface area contributed by atoms with Crippen molar-refractivity contribution in [3.05, 3.63) is 0 Å². The van der Waals surface area contributed by atoms with Gasteiger partial charge in [-0.15, -0.1) is 0 Å². The highest BCUT2D eigenvalue weighted by molar-refractivity contribution is 5.78. The Morgan fingerprint density at radius 1 is 1.25 bits per heavy atom. The van der Waals surface area contributed by atoms with E-state index in [4.69, 9.17) is 0 Å². The minimum absolute atomic E-state index is 0.163. The van der Waals surface area contributed by atoms with E-state index in [0.29, 0.717) is 11.3 Å². The number of hydrogen-bond donors (Lipinski definition) is 0. The molecule has 1 spiro atoms. The maximum Gasteiger partial charge on any atom is 0.225 e. The van der Waals surface area contributed by atoms with Gasteiger partial charge < -0.3 is 4.90 Å². The first-order chi connectivity index (χ1) is 7.43. The maximum absolute atomic E-state index is 11.9. The first-order valence-corrected chi connectivity index (χ1v) is 6.72. The molecule has 0 aromatic heterocycles. The molecule has 2 aliphatic rings. The van der Waals surface area contributed by atoms with E-state index < -0.39 is 0 Å². The summed E-state index contributed by atoms with van der Waals surface area (Å²) in [6.07, 6.45) is 3.95. The van der Waals surface area contributed by atoms with E-state index in [1.165, 1.54) is 19.3 Å². The average molecular weight is 223 g/mol. The summed E-state index contributed by atoms with van der Waals surface area (Å²) in [7, 11) is 0. The summed E-state index contributed by atoms with van der Waals surface area (Å²) in [5.74, 6) is 2.25. The van der Waals surface area contributed by atoms with Crippen LogP contribution in [0.3, 0.4) is 0 Å². The van der Waals surface area contributed by atoms with Crippen LogP contribution in [0.15, 0.2) is 0 Å². The Morgan fingerprint density at radius 2 is 1.88 bits per heavy atom. The van der Waals surface area contributed by atoms with E-state index in [-0.39, 0.29) is 5.92 Å². The van der Waals surface area contributed by atoms with E-state index >= 15 is 0 Å². The molecule has 0 atom stereocenters. The zero-order valence-electron chi connectivity index (χ0n) is 11.1. The molecular formula is C14H25NO. The van der Waals surface area contributed by atoms with Gasteiger partial charge in [0.15, 0.2) is 0 Å². The smallest absolute Gasteiger partial charge is 0.225 e. The fourth-order valence-corrected chi connectivity index (χ4v) is 3.35. The lowest BCUT2D eigenvalue weighted by atomic mass is 9.58. The molecule has 1 aliphatic carbocycles. The molecule has 2 rings (SSSR count). The van der Waals surface area contributed by atoms with Crippen molar-refractivity contribution in [2.24, 2.45) is 23.2 Å². The SMILES string of the molecule is CC(C)C(=O)N1CCC2(CC(C(C)C)C2)C1.